The zero-order chi connectivity index (χ0) is 28.2. The summed E-state index contributed by atoms with van der Waals surface area (Å²) in [5, 5.41) is 4.45. The number of alkyl halides is 3. The maximum absolute atomic E-state index is 13.4. The fourth-order valence-electron chi connectivity index (χ4n) is 5.86. The first-order valence-corrected chi connectivity index (χ1v) is 13.4. The summed E-state index contributed by atoms with van der Waals surface area (Å²) in [5.74, 6) is -0.495. The van der Waals surface area contributed by atoms with Crippen molar-refractivity contribution in [2.24, 2.45) is 11.3 Å². The summed E-state index contributed by atoms with van der Waals surface area (Å²) in [6, 6.07) is 6.64. The van der Waals surface area contributed by atoms with Crippen LogP contribution in [0.25, 0.3) is 16.6 Å². The predicted octanol–water partition coefficient (Wildman–Crippen LogP) is 5.03. The van der Waals surface area contributed by atoms with Gasteiger partial charge in [0, 0.05) is 43.0 Å². The molecule has 0 N–H and O–H groups in total. The van der Waals surface area contributed by atoms with E-state index in [0.717, 1.165) is 32.8 Å². The molecule has 0 radical (unpaired) electrons. The summed E-state index contributed by atoms with van der Waals surface area (Å²) in [4.78, 5) is 15.3. The number of carbonyl (C=O) groups excluding carboxylic acids is 1. The largest absolute Gasteiger partial charge is 0.496 e. The molecule has 3 aromatic rings. The molecule has 6 rings (SSSR count). The third-order valence-corrected chi connectivity index (χ3v) is 7.80. The van der Waals surface area contributed by atoms with Crippen molar-refractivity contribution < 1.29 is 36.9 Å². The topological polar surface area (TPSA) is 74.5 Å². The summed E-state index contributed by atoms with van der Waals surface area (Å²) in [5.41, 5.74) is 1.59. The number of ketones is 1. The van der Waals surface area contributed by atoms with E-state index in [1.807, 2.05) is 26.0 Å². The summed E-state index contributed by atoms with van der Waals surface area (Å²) >= 11 is 0. The molecule has 40 heavy (non-hydrogen) atoms. The number of pyridine rings is 1. The molecule has 0 amide bonds. The van der Waals surface area contributed by atoms with Crippen LogP contribution in [0.2, 0.25) is 0 Å². The fourth-order valence-corrected chi connectivity index (χ4v) is 5.86. The highest BCUT2D eigenvalue weighted by molar-refractivity contribution is 6.03. The maximum atomic E-state index is 13.4. The SMILES string of the molecule is COc1cc(-c2cnn3cc(OC(C)(C)CN4CC5(COC5)C4)ccc23)cc(OC(F)F)c1C(=O)CC1C[C@@H]1F. The molecule has 8 nitrogen and oxygen atoms in total. The van der Waals surface area contributed by atoms with Crippen LogP contribution in [0.15, 0.2) is 36.7 Å². The molecule has 2 saturated heterocycles. The molecule has 214 valence electrons. The molecule has 0 bridgehead atoms. The van der Waals surface area contributed by atoms with Gasteiger partial charge < -0.3 is 18.9 Å². The highest BCUT2D eigenvalue weighted by Gasteiger charge is 2.50. The Labute approximate surface area is 229 Å². The molecule has 1 spiro atoms. The standard InChI is InChI=1S/C29H32F3N3O5/c1-28(2,12-34-13-29(14-34)15-38-16-29)40-19-4-5-22-20(10-33-35(22)11-19)17-8-24(37-3)26(25(9-17)39-27(31)32)23(36)7-18-6-21(18)30/h4-5,8-11,18,21,27H,6-7,12-16H2,1-3H3/t18?,21-/m0/s1. The van der Waals surface area contributed by atoms with Gasteiger partial charge in [-0.2, -0.15) is 13.9 Å². The highest BCUT2D eigenvalue weighted by atomic mass is 19.3. The van der Waals surface area contributed by atoms with Crippen LogP contribution in [0.5, 0.6) is 17.2 Å². The normalized spacial score (nSPS) is 21.8. The molecule has 3 aliphatic rings. The average molecular weight is 560 g/mol. The van der Waals surface area contributed by atoms with Crippen molar-refractivity contribution in [1.29, 1.82) is 0 Å². The van der Waals surface area contributed by atoms with E-state index in [1.54, 1.807) is 23.0 Å². The number of carbonyl (C=O) groups is 1. The van der Waals surface area contributed by atoms with E-state index in [-0.39, 0.29) is 29.9 Å². The summed E-state index contributed by atoms with van der Waals surface area (Å²) in [6.07, 6.45) is 2.52. The second-order valence-corrected chi connectivity index (χ2v) is 11.8. The van der Waals surface area contributed by atoms with Crippen molar-refractivity contribution in [2.75, 3.05) is 40.0 Å². The predicted molar refractivity (Wildman–Crippen MR) is 140 cm³/mol. The van der Waals surface area contributed by atoms with Gasteiger partial charge in [-0.25, -0.2) is 8.91 Å². The van der Waals surface area contributed by atoms with Crippen LogP contribution in [0.1, 0.15) is 37.0 Å². The molecule has 2 aromatic heterocycles. The molecule has 2 atom stereocenters. The molecule has 1 unspecified atom stereocenters. The molecule has 1 aliphatic carbocycles. The number of methoxy groups -OCH3 is 1. The number of benzene rings is 1. The Hall–Kier alpha value is -3.31. The Kier molecular flexibility index (Phi) is 6.69. The minimum Gasteiger partial charge on any atom is -0.496 e. The Bertz CT molecular complexity index is 1430. The quantitative estimate of drug-likeness (QED) is 0.305. The zero-order valence-electron chi connectivity index (χ0n) is 22.7. The Morgan fingerprint density at radius 2 is 1.95 bits per heavy atom. The van der Waals surface area contributed by atoms with E-state index in [2.05, 4.69) is 10.00 Å². The Morgan fingerprint density at radius 3 is 2.58 bits per heavy atom. The second-order valence-electron chi connectivity index (χ2n) is 11.8. The van der Waals surface area contributed by atoms with E-state index >= 15 is 0 Å². The molecule has 1 saturated carbocycles. The number of halogens is 3. The minimum atomic E-state index is -3.16. The van der Waals surface area contributed by atoms with Gasteiger partial charge in [0.05, 0.1) is 38.2 Å². The van der Waals surface area contributed by atoms with Gasteiger partial charge in [-0.05, 0) is 50.1 Å². The van der Waals surface area contributed by atoms with Crippen LogP contribution in [0.4, 0.5) is 13.2 Å². The van der Waals surface area contributed by atoms with Crippen molar-refractivity contribution >= 4 is 11.3 Å². The molecule has 11 heteroatoms. The van der Waals surface area contributed by atoms with Crippen molar-refractivity contribution in [2.45, 2.75) is 45.1 Å². The molecule has 4 heterocycles. The number of nitrogens with zero attached hydrogens (tertiary/aromatic N) is 3. The minimum absolute atomic E-state index is 0.0801. The van der Waals surface area contributed by atoms with Crippen molar-refractivity contribution in [3.8, 4) is 28.4 Å². The monoisotopic (exact) mass is 559 g/mol. The van der Waals surface area contributed by atoms with Crippen molar-refractivity contribution in [3.05, 3.63) is 42.2 Å². The van der Waals surface area contributed by atoms with Crippen LogP contribution in [0, 0.1) is 11.3 Å². The van der Waals surface area contributed by atoms with Crippen LogP contribution in [0.3, 0.4) is 0 Å². The summed E-state index contributed by atoms with van der Waals surface area (Å²) in [6.45, 7) is 5.43. The number of hydrogen-bond acceptors (Lipinski definition) is 7. The van der Waals surface area contributed by atoms with Gasteiger partial charge >= 0.3 is 6.61 Å². The number of aromatic nitrogens is 2. The van der Waals surface area contributed by atoms with Crippen LogP contribution in [-0.2, 0) is 4.74 Å². The van der Waals surface area contributed by atoms with Gasteiger partial charge in [-0.1, -0.05) is 0 Å². The van der Waals surface area contributed by atoms with Gasteiger partial charge in [0.25, 0.3) is 0 Å². The van der Waals surface area contributed by atoms with Crippen LogP contribution >= 0.6 is 0 Å². The third kappa shape index (κ3) is 5.24. The number of rotatable bonds is 11. The molecular formula is C29H32F3N3O5. The average Bonchev–Trinajstić information content (AvgIpc) is 3.36. The van der Waals surface area contributed by atoms with Crippen molar-refractivity contribution in [1.82, 2.24) is 14.5 Å². The van der Waals surface area contributed by atoms with Crippen LogP contribution in [-0.4, -0.2) is 78.6 Å². The number of Topliss-reactive ketones (excluding diaryl/α,β-unsaturated/α-hetero) is 1. The second kappa shape index (κ2) is 9.95. The smallest absolute Gasteiger partial charge is 0.387 e. The molecule has 2 aliphatic heterocycles. The first-order chi connectivity index (χ1) is 19.0. The summed E-state index contributed by atoms with van der Waals surface area (Å²) in [7, 11) is 1.35. The first-order valence-electron chi connectivity index (χ1n) is 13.4. The van der Waals surface area contributed by atoms with Gasteiger partial charge in [-0.15, -0.1) is 0 Å². The van der Waals surface area contributed by atoms with E-state index in [0.29, 0.717) is 27.8 Å². The van der Waals surface area contributed by atoms with Crippen LogP contribution < -0.4 is 14.2 Å². The van der Waals surface area contributed by atoms with E-state index in [9.17, 15) is 18.0 Å². The number of hydrogen-bond donors (Lipinski definition) is 0. The number of likely N-dealkylation sites (tertiary alicyclic amines) is 1. The fraction of sp³-hybridized carbons (Fsp3) is 0.517. The molecule has 1 aromatic carbocycles. The Morgan fingerprint density at radius 1 is 1.23 bits per heavy atom. The summed E-state index contributed by atoms with van der Waals surface area (Å²) < 4.78 is 63.6. The van der Waals surface area contributed by atoms with E-state index < -0.39 is 30.1 Å². The number of ether oxygens (including phenoxy) is 4. The maximum Gasteiger partial charge on any atom is 0.387 e. The van der Waals surface area contributed by atoms with E-state index in [4.69, 9.17) is 18.9 Å². The van der Waals surface area contributed by atoms with Crippen molar-refractivity contribution in [3.63, 3.8) is 0 Å². The first kappa shape index (κ1) is 26.9. The van der Waals surface area contributed by atoms with Gasteiger partial charge in [0.2, 0.25) is 0 Å². The van der Waals surface area contributed by atoms with Gasteiger partial charge in [0.1, 0.15) is 34.6 Å². The van der Waals surface area contributed by atoms with Gasteiger partial charge in [-0.3, -0.25) is 9.69 Å². The highest BCUT2D eigenvalue weighted by Crippen LogP contribution is 2.43. The molecule has 3 fully saturated rings. The Balaban J connectivity index is 1.24. The lowest BCUT2D eigenvalue weighted by Crippen LogP contribution is -2.67. The lowest BCUT2D eigenvalue weighted by Gasteiger charge is -2.56. The van der Waals surface area contributed by atoms with E-state index in [1.165, 1.54) is 13.2 Å². The third-order valence-electron chi connectivity index (χ3n) is 7.80. The lowest BCUT2D eigenvalue weighted by molar-refractivity contribution is -0.196. The number of fused-ring (bicyclic) bond motifs is 1. The lowest BCUT2D eigenvalue weighted by atomic mass is 9.77. The molecular weight excluding hydrogens is 527 g/mol. The zero-order valence-corrected chi connectivity index (χ0v) is 22.7. The van der Waals surface area contributed by atoms with Gasteiger partial charge in [0.15, 0.2) is 5.78 Å².